The Kier molecular flexibility index (Phi) is 2.84. The monoisotopic (exact) mass is 212 g/mol. The maximum Gasteiger partial charge on any atom is 0.558 e. The van der Waals surface area contributed by atoms with E-state index in [1.165, 1.54) is 0 Å². The van der Waals surface area contributed by atoms with Crippen molar-refractivity contribution in [2.45, 2.75) is 38.9 Å². The van der Waals surface area contributed by atoms with Crippen LogP contribution < -0.4 is 5.32 Å². The first-order valence-corrected chi connectivity index (χ1v) is 5.73. The van der Waals surface area contributed by atoms with Gasteiger partial charge in [-0.15, -0.1) is 0 Å². The van der Waals surface area contributed by atoms with E-state index in [2.05, 4.69) is 37.8 Å². The van der Waals surface area contributed by atoms with Crippen molar-refractivity contribution in [3.63, 3.8) is 0 Å². The molecule has 0 atom stereocenters. The Labute approximate surface area is 92.5 Å². The number of piperazine rings is 1. The van der Waals surface area contributed by atoms with Gasteiger partial charge in [0.05, 0.1) is 11.2 Å². The summed E-state index contributed by atoms with van der Waals surface area (Å²) in [5.74, 6) is 0. The van der Waals surface area contributed by atoms with Crippen LogP contribution in [0.5, 0.6) is 0 Å². The quantitative estimate of drug-likeness (QED) is 0.641. The lowest BCUT2D eigenvalue weighted by atomic mass is 9.90. The van der Waals surface area contributed by atoms with Crippen LogP contribution in [0.1, 0.15) is 27.7 Å². The van der Waals surface area contributed by atoms with Crippen molar-refractivity contribution in [2.75, 3.05) is 26.2 Å². The average molecular weight is 212 g/mol. The maximum absolute atomic E-state index is 5.98. The first-order chi connectivity index (χ1) is 6.92. The van der Waals surface area contributed by atoms with Crippen LogP contribution in [0.25, 0.3) is 0 Å². The Morgan fingerprint density at radius 3 is 1.93 bits per heavy atom. The molecular formula is C10H21BN2O2. The van der Waals surface area contributed by atoms with Crippen LogP contribution in [0.2, 0.25) is 0 Å². The van der Waals surface area contributed by atoms with Crippen LogP contribution in [0.15, 0.2) is 0 Å². The minimum atomic E-state index is -0.220. The fourth-order valence-corrected chi connectivity index (χ4v) is 1.85. The highest BCUT2D eigenvalue weighted by atomic mass is 16.7. The van der Waals surface area contributed by atoms with Gasteiger partial charge < -0.3 is 14.6 Å². The second-order valence-electron chi connectivity index (χ2n) is 5.35. The number of nitrogens with zero attached hydrogens (tertiary/aromatic N) is 1. The van der Waals surface area contributed by atoms with Gasteiger partial charge in [0.25, 0.3) is 0 Å². The molecule has 2 fully saturated rings. The number of nitrogens with one attached hydrogen (secondary N) is 1. The highest BCUT2D eigenvalue weighted by molar-refractivity contribution is 6.42. The minimum Gasteiger partial charge on any atom is -0.389 e. The predicted molar refractivity (Wildman–Crippen MR) is 60.5 cm³/mol. The third kappa shape index (κ3) is 2.06. The van der Waals surface area contributed by atoms with E-state index >= 15 is 0 Å². The highest BCUT2D eigenvalue weighted by Crippen LogP contribution is 2.37. The Morgan fingerprint density at radius 1 is 1.00 bits per heavy atom. The van der Waals surface area contributed by atoms with Gasteiger partial charge in [0, 0.05) is 26.2 Å². The molecule has 2 aliphatic heterocycles. The van der Waals surface area contributed by atoms with Gasteiger partial charge in [0.15, 0.2) is 0 Å². The predicted octanol–water partition coefficient (Wildman–Crippen LogP) is 0.480. The average Bonchev–Trinajstić information content (AvgIpc) is 2.38. The largest absolute Gasteiger partial charge is 0.558 e. The van der Waals surface area contributed by atoms with E-state index in [1.54, 1.807) is 0 Å². The lowest BCUT2D eigenvalue weighted by molar-refractivity contribution is 0.00578. The van der Waals surface area contributed by atoms with Gasteiger partial charge in [-0.05, 0) is 27.7 Å². The molecule has 0 aromatic rings. The lowest BCUT2D eigenvalue weighted by Gasteiger charge is -2.32. The standard InChI is InChI=1S/C10H21BN2O2/c1-9(2)10(3,4)15-11(14-9)13-7-5-12-6-8-13/h12H,5-8H2,1-4H3. The SMILES string of the molecule is CC1(C)OB(N2CCNCC2)OC1(C)C. The molecule has 86 valence electrons. The molecule has 1 N–H and O–H groups in total. The smallest absolute Gasteiger partial charge is 0.389 e. The van der Waals surface area contributed by atoms with Crippen LogP contribution in [0, 0.1) is 0 Å². The summed E-state index contributed by atoms with van der Waals surface area (Å²) in [4.78, 5) is 2.26. The normalized spacial score (nSPS) is 30.8. The van der Waals surface area contributed by atoms with Crippen LogP contribution in [0.3, 0.4) is 0 Å². The zero-order valence-electron chi connectivity index (χ0n) is 10.2. The van der Waals surface area contributed by atoms with E-state index in [1.807, 2.05) is 0 Å². The van der Waals surface area contributed by atoms with Gasteiger partial charge in [0.2, 0.25) is 0 Å². The fraction of sp³-hybridized carbons (Fsp3) is 1.00. The number of hydrogen-bond acceptors (Lipinski definition) is 4. The van der Waals surface area contributed by atoms with E-state index < -0.39 is 0 Å². The van der Waals surface area contributed by atoms with Gasteiger partial charge in [-0.3, -0.25) is 4.81 Å². The molecule has 0 spiro atoms. The first kappa shape index (κ1) is 11.4. The van der Waals surface area contributed by atoms with E-state index in [4.69, 9.17) is 9.31 Å². The van der Waals surface area contributed by atoms with Crippen molar-refractivity contribution >= 4 is 7.25 Å². The van der Waals surface area contributed by atoms with Gasteiger partial charge in [-0.25, -0.2) is 0 Å². The highest BCUT2D eigenvalue weighted by Gasteiger charge is 2.53. The van der Waals surface area contributed by atoms with Crippen molar-refractivity contribution in [3.05, 3.63) is 0 Å². The van der Waals surface area contributed by atoms with Crippen LogP contribution in [0.4, 0.5) is 0 Å². The summed E-state index contributed by atoms with van der Waals surface area (Å²) in [5, 5.41) is 3.33. The molecule has 0 aliphatic carbocycles. The van der Waals surface area contributed by atoms with E-state index in [0.29, 0.717) is 0 Å². The van der Waals surface area contributed by atoms with Crippen LogP contribution in [-0.2, 0) is 9.31 Å². The second-order valence-corrected chi connectivity index (χ2v) is 5.35. The molecule has 0 saturated carbocycles. The molecule has 2 saturated heterocycles. The van der Waals surface area contributed by atoms with Gasteiger partial charge in [-0.1, -0.05) is 0 Å². The Bertz CT molecular complexity index is 224. The van der Waals surface area contributed by atoms with Gasteiger partial charge >= 0.3 is 7.25 Å². The van der Waals surface area contributed by atoms with E-state index in [-0.39, 0.29) is 18.5 Å². The van der Waals surface area contributed by atoms with E-state index in [9.17, 15) is 0 Å². The molecule has 15 heavy (non-hydrogen) atoms. The van der Waals surface area contributed by atoms with E-state index in [0.717, 1.165) is 26.2 Å². The molecular weight excluding hydrogens is 191 g/mol. The third-order valence-electron chi connectivity index (χ3n) is 3.69. The van der Waals surface area contributed by atoms with Crippen molar-refractivity contribution in [1.82, 2.24) is 10.1 Å². The summed E-state index contributed by atoms with van der Waals surface area (Å²) in [5.41, 5.74) is -0.439. The minimum absolute atomic E-state index is 0.169. The Balaban J connectivity index is 2.02. The Hall–Kier alpha value is -0.0951. The molecule has 2 heterocycles. The molecule has 4 nitrogen and oxygen atoms in total. The summed E-state index contributed by atoms with van der Waals surface area (Å²) in [6, 6.07) is 0. The molecule has 0 radical (unpaired) electrons. The van der Waals surface area contributed by atoms with Crippen molar-refractivity contribution in [1.29, 1.82) is 0 Å². The van der Waals surface area contributed by atoms with Gasteiger partial charge in [-0.2, -0.15) is 0 Å². The third-order valence-corrected chi connectivity index (χ3v) is 3.69. The summed E-state index contributed by atoms with van der Waals surface area (Å²) in [6.07, 6.45) is 0. The topological polar surface area (TPSA) is 33.7 Å². The molecule has 0 aromatic heterocycles. The Morgan fingerprint density at radius 2 is 1.47 bits per heavy atom. The van der Waals surface area contributed by atoms with Crippen molar-refractivity contribution in [3.8, 4) is 0 Å². The van der Waals surface area contributed by atoms with Crippen LogP contribution >= 0.6 is 0 Å². The molecule has 0 bridgehead atoms. The zero-order valence-corrected chi connectivity index (χ0v) is 10.2. The second kappa shape index (κ2) is 3.73. The number of rotatable bonds is 1. The number of hydrogen-bond donors (Lipinski definition) is 1. The molecule has 0 unspecified atom stereocenters. The summed E-state index contributed by atoms with van der Waals surface area (Å²) < 4.78 is 12.0. The zero-order chi connectivity index (χ0) is 11.1. The molecule has 2 aliphatic rings. The summed E-state index contributed by atoms with van der Waals surface area (Å²) in [6.45, 7) is 12.4. The lowest BCUT2D eigenvalue weighted by Crippen LogP contribution is -2.52. The molecule has 5 heteroatoms. The maximum atomic E-state index is 5.98. The molecule has 0 aromatic carbocycles. The van der Waals surface area contributed by atoms with Crippen molar-refractivity contribution in [2.24, 2.45) is 0 Å². The molecule has 0 amide bonds. The van der Waals surface area contributed by atoms with Crippen molar-refractivity contribution < 1.29 is 9.31 Å². The first-order valence-electron chi connectivity index (χ1n) is 5.73. The van der Waals surface area contributed by atoms with Gasteiger partial charge in [0.1, 0.15) is 0 Å². The summed E-state index contributed by atoms with van der Waals surface area (Å²) >= 11 is 0. The molecule has 2 rings (SSSR count). The fourth-order valence-electron chi connectivity index (χ4n) is 1.85. The van der Waals surface area contributed by atoms with Crippen LogP contribution in [-0.4, -0.2) is 49.4 Å². The summed E-state index contributed by atoms with van der Waals surface area (Å²) in [7, 11) is -0.169.